The molecule has 0 saturated carbocycles. The Morgan fingerprint density at radius 2 is 1.84 bits per heavy atom. The molecule has 0 aliphatic carbocycles. The molecule has 2 heterocycles. The van der Waals surface area contributed by atoms with E-state index in [0.717, 1.165) is 17.3 Å². The van der Waals surface area contributed by atoms with Gasteiger partial charge in [-0.2, -0.15) is 15.0 Å². The maximum atomic E-state index is 12.6. The van der Waals surface area contributed by atoms with E-state index in [1.165, 1.54) is 4.80 Å². The molecule has 136 valence electrons. The van der Waals surface area contributed by atoms with Crippen LogP contribution < -0.4 is 4.72 Å². The van der Waals surface area contributed by atoms with E-state index in [1.54, 1.807) is 4.90 Å². The number of likely N-dealkylation sites (tertiary alicyclic amines) is 1. The van der Waals surface area contributed by atoms with Crippen LogP contribution in [0.15, 0.2) is 24.3 Å². The van der Waals surface area contributed by atoms with Crippen molar-refractivity contribution in [1.82, 2.24) is 24.6 Å². The summed E-state index contributed by atoms with van der Waals surface area (Å²) in [6, 6.07) is 7.18. The first-order chi connectivity index (χ1) is 11.7. The van der Waals surface area contributed by atoms with Crippen molar-refractivity contribution in [3.05, 3.63) is 24.3 Å². The molecule has 1 amide bonds. The van der Waals surface area contributed by atoms with Crippen LogP contribution in [0.3, 0.4) is 0 Å². The zero-order chi connectivity index (χ0) is 18.2. The number of hydrogen-bond donors (Lipinski definition) is 1. The number of rotatable bonds is 5. The van der Waals surface area contributed by atoms with Crippen molar-refractivity contribution in [3.63, 3.8) is 0 Å². The highest BCUT2D eigenvalue weighted by Gasteiger charge is 2.38. The molecular weight excluding hydrogens is 342 g/mol. The predicted molar refractivity (Wildman–Crippen MR) is 94.2 cm³/mol. The summed E-state index contributed by atoms with van der Waals surface area (Å²) in [7, 11) is -3.32. The molecule has 0 bridgehead atoms. The van der Waals surface area contributed by atoms with Gasteiger partial charge in [-0.15, -0.1) is 0 Å². The molecule has 1 aromatic carbocycles. The number of fused-ring (bicyclic) bond motifs is 1. The third kappa shape index (κ3) is 4.16. The van der Waals surface area contributed by atoms with E-state index in [4.69, 9.17) is 0 Å². The van der Waals surface area contributed by atoms with Crippen molar-refractivity contribution in [2.75, 3.05) is 19.3 Å². The summed E-state index contributed by atoms with van der Waals surface area (Å²) in [6.45, 7) is 5.03. The Labute approximate surface area is 147 Å². The van der Waals surface area contributed by atoms with Crippen molar-refractivity contribution in [3.8, 4) is 0 Å². The molecule has 2 atom stereocenters. The highest BCUT2D eigenvalue weighted by atomic mass is 32.2. The zero-order valence-corrected chi connectivity index (χ0v) is 15.4. The Balaban J connectivity index is 1.71. The second kappa shape index (κ2) is 6.72. The third-order valence-electron chi connectivity index (χ3n) is 4.54. The van der Waals surface area contributed by atoms with Gasteiger partial charge in [0.15, 0.2) is 0 Å². The van der Waals surface area contributed by atoms with Crippen LogP contribution >= 0.6 is 0 Å². The molecule has 0 radical (unpaired) electrons. The van der Waals surface area contributed by atoms with Crippen molar-refractivity contribution in [2.24, 2.45) is 11.8 Å². The van der Waals surface area contributed by atoms with Crippen LogP contribution in [-0.2, 0) is 21.4 Å². The monoisotopic (exact) mass is 365 g/mol. The minimum absolute atomic E-state index is 0.0467. The van der Waals surface area contributed by atoms with Crippen molar-refractivity contribution < 1.29 is 13.2 Å². The molecule has 25 heavy (non-hydrogen) atoms. The summed E-state index contributed by atoms with van der Waals surface area (Å²) in [5.41, 5.74) is 1.49. The Hall–Kier alpha value is -2.00. The smallest absolute Gasteiger partial charge is 0.246 e. The molecule has 0 spiro atoms. The van der Waals surface area contributed by atoms with Crippen LogP contribution in [0.25, 0.3) is 11.0 Å². The van der Waals surface area contributed by atoms with Gasteiger partial charge >= 0.3 is 0 Å². The number of hydrogen-bond acceptors (Lipinski definition) is 5. The Morgan fingerprint density at radius 3 is 2.36 bits per heavy atom. The summed E-state index contributed by atoms with van der Waals surface area (Å²) < 4.78 is 25.8. The Bertz CT molecular complexity index is 844. The van der Waals surface area contributed by atoms with Crippen molar-refractivity contribution in [1.29, 1.82) is 0 Å². The lowest BCUT2D eigenvalue weighted by Crippen LogP contribution is -2.41. The first-order valence-corrected chi connectivity index (χ1v) is 10.2. The summed E-state index contributed by atoms with van der Waals surface area (Å²) in [4.78, 5) is 15.7. The number of aromatic nitrogens is 3. The molecule has 1 aliphatic heterocycles. The maximum absolute atomic E-state index is 12.6. The van der Waals surface area contributed by atoms with Gasteiger partial charge in [0.25, 0.3) is 0 Å². The van der Waals surface area contributed by atoms with Crippen LogP contribution in [0.5, 0.6) is 0 Å². The molecule has 8 nitrogen and oxygen atoms in total. The van der Waals surface area contributed by atoms with Gasteiger partial charge in [0.05, 0.1) is 6.26 Å². The van der Waals surface area contributed by atoms with Crippen LogP contribution in [0, 0.1) is 11.8 Å². The highest BCUT2D eigenvalue weighted by Crippen LogP contribution is 2.25. The number of sulfonamides is 1. The molecule has 1 N–H and O–H groups in total. The van der Waals surface area contributed by atoms with E-state index in [-0.39, 0.29) is 30.3 Å². The number of benzene rings is 1. The quantitative estimate of drug-likeness (QED) is 0.830. The Kier molecular flexibility index (Phi) is 4.79. The van der Waals surface area contributed by atoms with Gasteiger partial charge in [-0.3, -0.25) is 4.79 Å². The minimum atomic E-state index is -3.32. The van der Waals surface area contributed by atoms with E-state index >= 15 is 0 Å². The van der Waals surface area contributed by atoms with Gasteiger partial charge in [0.2, 0.25) is 15.9 Å². The van der Waals surface area contributed by atoms with Gasteiger partial charge in [0.1, 0.15) is 17.6 Å². The number of nitrogens with one attached hydrogen (secondary N) is 1. The van der Waals surface area contributed by atoms with Crippen LogP contribution in [0.2, 0.25) is 0 Å². The standard InChI is InChI=1S/C16H23N5O3S/c1-11(2)12-8-20(9-15(12)19-25(3,23)24)16(22)10-21-17-13-6-4-5-7-14(13)18-21/h4-7,11-12,15,19H,8-10H2,1-3H3/t12-,15+/m0/s1. The highest BCUT2D eigenvalue weighted by molar-refractivity contribution is 7.88. The summed E-state index contributed by atoms with van der Waals surface area (Å²) in [6.07, 6.45) is 1.15. The Morgan fingerprint density at radius 1 is 1.24 bits per heavy atom. The number of nitrogens with zero attached hydrogens (tertiary/aromatic N) is 4. The molecule has 1 aliphatic rings. The van der Waals surface area contributed by atoms with Crippen LogP contribution in [0.1, 0.15) is 13.8 Å². The zero-order valence-electron chi connectivity index (χ0n) is 14.6. The molecule has 2 aromatic rings. The van der Waals surface area contributed by atoms with E-state index in [9.17, 15) is 13.2 Å². The molecule has 3 rings (SSSR count). The fourth-order valence-electron chi connectivity index (χ4n) is 3.30. The number of amides is 1. The van der Waals surface area contributed by atoms with Crippen molar-refractivity contribution >= 4 is 27.0 Å². The van der Waals surface area contributed by atoms with Crippen molar-refractivity contribution in [2.45, 2.75) is 26.4 Å². The van der Waals surface area contributed by atoms with Crippen LogP contribution in [0.4, 0.5) is 0 Å². The SMILES string of the molecule is CC(C)[C@@H]1CN(C(=O)Cn2nc3ccccc3n2)C[C@H]1NS(C)(=O)=O. The molecule has 1 saturated heterocycles. The number of carbonyl (C=O) groups excluding carboxylic acids is 1. The van der Waals surface area contributed by atoms with E-state index < -0.39 is 10.0 Å². The predicted octanol–water partition coefficient (Wildman–Crippen LogP) is 0.464. The second-order valence-corrected chi connectivity index (χ2v) is 8.70. The second-order valence-electron chi connectivity index (χ2n) is 6.92. The molecule has 1 fully saturated rings. The summed E-state index contributed by atoms with van der Waals surface area (Å²) in [5, 5.41) is 8.61. The lowest BCUT2D eigenvalue weighted by molar-refractivity contribution is -0.131. The van der Waals surface area contributed by atoms with E-state index in [2.05, 4.69) is 14.9 Å². The van der Waals surface area contributed by atoms with Crippen LogP contribution in [-0.4, -0.2) is 59.6 Å². The van der Waals surface area contributed by atoms with Gasteiger partial charge in [-0.05, 0) is 24.0 Å². The van der Waals surface area contributed by atoms with E-state index in [0.29, 0.717) is 13.1 Å². The first kappa shape index (κ1) is 17.8. The average molecular weight is 365 g/mol. The first-order valence-electron chi connectivity index (χ1n) is 8.28. The minimum Gasteiger partial charge on any atom is -0.339 e. The molecule has 0 unspecified atom stereocenters. The molecule has 9 heteroatoms. The van der Waals surface area contributed by atoms with E-state index in [1.807, 2.05) is 38.1 Å². The summed E-state index contributed by atoms with van der Waals surface area (Å²) in [5.74, 6) is 0.245. The van der Waals surface area contributed by atoms with Gasteiger partial charge in [-0.25, -0.2) is 13.1 Å². The maximum Gasteiger partial charge on any atom is 0.246 e. The molecular formula is C16H23N5O3S. The average Bonchev–Trinajstić information content (AvgIpc) is 3.08. The fourth-order valence-corrected chi connectivity index (χ4v) is 4.10. The van der Waals surface area contributed by atoms with Gasteiger partial charge < -0.3 is 4.90 Å². The third-order valence-corrected chi connectivity index (χ3v) is 5.28. The largest absolute Gasteiger partial charge is 0.339 e. The van der Waals surface area contributed by atoms with Gasteiger partial charge in [-0.1, -0.05) is 26.0 Å². The topological polar surface area (TPSA) is 97.2 Å². The lowest BCUT2D eigenvalue weighted by Gasteiger charge is -2.21. The fraction of sp³-hybridized carbons (Fsp3) is 0.562. The number of carbonyl (C=O) groups is 1. The lowest BCUT2D eigenvalue weighted by atomic mass is 9.92. The molecule has 1 aromatic heterocycles. The normalized spacial score (nSPS) is 21.4. The van der Waals surface area contributed by atoms with Gasteiger partial charge in [0, 0.05) is 19.1 Å². The summed E-state index contributed by atoms with van der Waals surface area (Å²) >= 11 is 0.